The normalized spacial score (nSPS) is 13.6. The number of carbonyl (C=O) groups is 1. The molecule has 1 amide bonds. The van der Waals surface area contributed by atoms with Gasteiger partial charge in [-0.05, 0) is 26.7 Å². The summed E-state index contributed by atoms with van der Waals surface area (Å²) in [6.45, 7) is 7.40. The minimum atomic E-state index is 0.166. The maximum atomic E-state index is 12.8. The van der Waals surface area contributed by atoms with E-state index in [1.54, 1.807) is 7.11 Å². The highest BCUT2D eigenvalue weighted by atomic mass is 16.5. The molecule has 1 aromatic heterocycles. The molecule has 0 bridgehead atoms. The summed E-state index contributed by atoms with van der Waals surface area (Å²) in [5.74, 6) is 1.13. The van der Waals surface area contributed by atoms with Gasteiger partial charge in [0.05, 0.1) is 18.7 Å². The van der Waals surface area contributed by atoms with Gasteiger partial charge in [0.2, 0.25) is 11.8 Å². The zero-order chi connectivity index (χ0) is 19.2. The fourth-order valence-electron chi connectivity index (χ4n) is 3.27. The molecule has 0 saturated heterocycles. The molecule has 0 spiro atoms. The molecule has 2 aromatic rings. The van der Waals surface area contributed by atoms with Crippen molar-refractivity contribution in [3.8, 4) is 11.3 Å². The van der Waals surface area contributed by atoms with E-state index in [-0.39, 0.29) is 11.8 Å². The van der Waals surface area contributed by atoms with E-state index in [1.165, 1.54) is 0 Å². The molecule has 0 radical (unpaired) electrons. The molecule has 0 N–H and O–H groups in total. The van der Waals surface area contributed by atoms with Gasteiger partial charge in [0.15, 0.2) is 0 Å². The maximum absolute atomic E-state index is 12.8. The number of hydrogen-bond acceptors (Lipinski definition) is 5. The highest BCUT2D eigenvalue weighted by Gasteiger charge is 2.34. The van der Waals surface area contributed by atoms with Crippen molar-refractivity contribution in [3.05, 3.63) is 35.9 Å². The summed E-state index contributed by atoms with van der Waals surface area (Å²) < 4.78 is 11.0. The summed E-state index contributed by atoms with van der Waals surface area (Å²) in [6.07, 6.45) is 1.97. The first-order valence-corrected chi connectivity index (χ1v) is 9.76. The number of hydrogen-bond donors (Lipinski definition) is 0. The number of amides is 1. The van der Waals surface area contributed by atoms with Crippen LogP contribution in [0.15, 0.2) is 34.9 Å². The Morgan fingerprint density at radius 2 is 1.93 bits per heavy atom. The van der Waals surface area contributed by atoms with Crippen molar-refractivity contribution >= 4 is 11.8 Å². The van der Waals surface area contributed by atoms with Crippen LogP contribution in [0.1, 0.15) is 32.3 Å². The van der Waals surface area contributed by atoms with Gasteiger partial charge in [-0.3, -0.25) is 4.79 Å². The molecule has 0 unspecified atom stereocenters. The summed E-state index contributed by atoms with van der Waals surface area (Å²) in [6, 6.07) is 10.0. The third-order valence-corrected chi connectivity index (χ3v) is 5.02. The van der Waals surface area contributed by atoms with E-state index < -0.39 is 0 Å². The summed E-state index contributed by atoms with van der Waals surface area (Å²) in [5.41, 5.74) is 2.78. The van der Waals surface area contributed by atoms with Crippen molar-refractivity contribution in [1.82, 2.24) is 10.1 Å². The van der Waals surface area contributed by atoms with Crippen LogP contribution in [0.4, 0.5) is 5.88 Å². The summed E-state index contributed by atoms with van der Waals surface area (Å²) in [5, 5.41) is 4.37. The number of methoxy groups -OCH3 is 1. The molecular formula is C21H29N3O3. The van der Waals surface area contributed by atoms with Crippen molar-refractivity contribution in [2.24, 2.45) is 5.92 Å². The van der Waals surface area contributed by atoms with Crippen molar-refractivity contribution in [1.29, 1.82) is 0 Å². The number of benzene rings is 1. The molecule has 0 atom stereocenters. The average molecular weight is 371 g/mol. The van der Waals surface area contributed by atoms with Gasteiger partial charge in [-0.25, -0.2) is 0 Å². The zero-order valence-corrected chi connectivity index (χ0v) is 16.5. The van der Waals surface area contributed by atoms with Gasteiger partial charge in [0.25, 0.3) is 0 Å². The standard InChI is InChI=1S/C21H29N3O3/c1-4-23(5-2)21-18(19(22-27-21)16-9-7-6-8-10-16)15-24(13-14-26-3)20(25)17-11-12-17/h6-10,17H,4-5,11-15H2,1-3H3. The van der Waals surface area contributed by atoms with E-state index in [1.807, 2.05) is 35.2 Å². The first-order chi connectivity index (χ1) is 13.2. The third-order valence-electron chi connectivity index (χ3n) is 5.02. The summed E-state index contributed by atoms with van der Waals surface area (Å²) in [4.78, 5) is 16.9. The van der Waals surface area contributed by atoms with Crippen LogP contribution >= 0.6 is 0 Å². The number of nitrogens with zero attached hydrogens (tertiary/aromatic N) is 3. The Balaban J connectivity index is 1.96. The van der Waals surface area contributed by atoms with E-state index in [0.29, 0.717) is 19.7 Å². The Hall–Kier alpha value is -2.34. The molecule has 1 heterocycles. The Labute approximate surface area is 161 Å². The average Bonchev–Trinajstić information content (AvgIpc) is 3.48. The number of ether oxygens (including phenoxy) is 1. The second kappa shape index (κ2) is 9.04. The van der Waals surface area contributed by atoms with Crippen LogP contribution in [-0.4, -0.2) is 49.3 Å². The predicted molar refractivity (Wildman–Crippen MR) is 106 cm³/mol. The van der Waals surface area contributed by atoms with Gasteiger partial charge in [0, 0.05) is 38.2 Å². The fourth-order valence-corrected chi connectivity index (χ4v) is 3.27. The van der Waals surface area contributed by atoms with Crippen molar-refractivity contribution in [2.75, 3.05) is 38.3 Å². The number of aromatic nitrogens is 1. The molecule has 1 aliphatic rings. The number of anilines is 1. The van der Waals surface area contributed by atoms with Crippen LogP contribution in [0, 0.1) is 5.92 Å². The third kappa shape index (κ3) is 4.50. The van der Waals surface area contributed by atoms with E-state index in [4.69, 9.17) is 9.26 Å². The van der Waals surface area contributed by atoms with Crippen molar-refractivity contribution in [3.63, 3.8) is 0 Å². The lowest BCUT2D eigenvalue weighted by Gasteiger charge is -2.25. The first kappa shape index (κ1) is 19.4. The predicted octanol–water partition coefficient (Wildman–Crippen LogP) is 3.57. The van der Waals surface area contributed by atoms with Crippen molar-refractivity contribution in [2.45, 2.75) is 33.2 Å². The summed E-state index contributed by atoms with van der Waals surface area (Å²) in [7, 11) is 1.66. The van der Waals surface area contributed by atoms with E-state index in [9.17, 15) is 4.79 Å². The largest absolute Gasteiger partial charge is 0.383 e. The second-order valence-electron chi connectivity index (χ2n) is 6.88. The van der Waals surface area contributed by atoms with Gasteiger partial charge in [-0.15, -0.1) is 0 Å². The highest BCUT2D eigenvalue weighted by Crippen LogP contribution is 2.35. The molecule has 6 nitrogen and oxygen atoms in total. The Morgan fingerprint density at radius 3 is 2.52 bits per heavy atom. The molecule has 1 fully saturated rings. The van der Waals surface area contributed by atoms with E-state index >= 15 is 0 Å². The number of rotatable bonds is 10. The van der Waals surface area contributed by atoms with Crippen LogP contribution < -0.4 is 4.90 Å². The molecule has 3 rings (SSSR count). The second-order valence-corrected chi connectivity index (χ2v) is 6.88. The lowest BCUT2D eigenvalue weighted by molar-refractivity contribution is -0.133. The highest BCUT2D eigenvalue weighted by molar-refractivity contribution is 5.81. The van der Waals surface area contributed by atoms with E-state index in [2.05, 4.69) is 23.9 Å². The van der Waals surface area contributed by atoms with Gasteiger partial charge in [-0.2, -0.15) is 0 Å². The van der Waals surface area contributed by atoms with Gasteiger partial charge < -0.3 is 19.1 Å². The maximum Gasteiger partial charge on any atom is 0.232 e. The molecule has 0 aliphatic heterocycles. The summed E-state index contributed by atoms with van der Waals surface area (Å²) >= 11 is 0. The minimum absolute atomic E-state index is 0.166. The van der Waals surface area contributed by atoms with Gasteiger partial charge in [-0.1, -0.05) is 35.5 Å². The molecule has 1 aromatic carbocycles. The van der Waals surface area contributed by atoms with Crippen LogP contribution in [0.3, 0.4) is 0 Å². The van der Waals surface area contributed by atoms with Gasteiger partial charge >= 0.3 is 0 Å². The minimum Gasteiger partial charge on any atom is -0.383 e. The monoisotopic (exact) mass is 371 g/mol. The van der Waals surface area contributed by atoms with Crippen LogP contribution in [-0.2, 0) is 16.1 Å². The first-order valence-electron chi connectivity index (χ1n) is 9.76. The van der Waals surface area contributed by atoms with Gasteiger partial charge in [0.1, 0.15) is 5.69 Å². The van der Waals surface area contributed by atoms with E-state index in [0.717, 1.165) is 48.6 Å². The quantitative estimate of drug-likeness (QED) is 0.639. The Kier molecular flexibility index (Phi) is 6.50. The lowest BCUT2D eigenvalue weighted by atomic mass is 10.1. The molecule has 27 heavy (non-hydrogen) atoms. The fraction of sp³-hybridized carbons (Fsp3) is 0.524. The topological polar surface area (TPSA) is 58.8 Å². The van der Waals surface area contributed by atoms with Crippen LogP contribution in [0.25, 0.3) is 11.3 Å². The SMILES string of the molecule is CCN(CC)c1onc(-c2ccccc2)c1CN(CCOC)C(=O)C1CC1. The molecule has 146 valence electrons. The Bertz CT molecular complexity index is 736. The molecule has 1 aliphatic carbocycles. The van der Waals surface area contributed by atoms with Crippen LogP contribution in [0.5, 0.6) is 0 Å². The molecule has 1 saturated carbocycles. The lowest BCUT2D eigenvalue weighted by Crippen LogP contribution is -2.35. The van der Waals surface area contributed by atoms with Crippen LogP contribution in [0.2, 0.25) is 0 Å². The Morgan fingerprint density at radius 1 is 1.22 bits per heavy atom. The zero-order valence-electron chi connectivity index (χ0n) is 16.5. The smallest absolute Gasteiger partial charge is 0.232 e. The number of carbonyl (C=O) groups excluding carboxylic acids is 1. The molecular weight excluding hydrogens is 342 g/mol. The van der Waals surface area contributed by atoms with Crippen molar-refractivity contribution < 1.29 is 14.1 Å². The molecule has 6 heteroatoms.